The minimum atomic E-state index is -0.433. The number of likely N-dealkylation sites (tertiary alicyclic amines) is 1. The Balaban J connectivity index is 1.52. The van der Waals surface area contributed by atoms with Gasteiger partial charge in [-0.05, 0) is 83.8 Å². The van der Waals surface area contributed by atoms with Crippen LogP contribution in [0.4, 0.5) is 0 Å². The van der Waals surface area contributed by atoms with E-state index >= 15 is 0 Å². The third kappa shape index (κ3) is 4.84. The van der Waals surface area contributed by atoms with E-state index in [9.17, 15) is 9.59 Å². The summed E-state index contributed by atoms with van der Waals surface area (Å²) in [5.41, 5.74) is 4.24. The molecule has 6 heteroatoms. The molecule has 0 saturated carbocycles. The van der Waals surface area contributed by atoms with Crippen molar-refractivity contribution in [1.82, 2.24) is 4.90 Å². The molecule has 0 unspecified atom stereocenters. The predicted molar refractivity (Wildman–Crippen MR) is 144 cm³/mol. The van der Waals surface area contributed by atoms with E-state index in [4.69, 9.17) is 27.9 Å². The highest BCUT2D eigenvalue weighted by atomic mass is 35.5. The zero-order valence-corrected chi connectivity index (χ0v) is 21.5. The van der Waals surface area contributed by atoms with E-state index in [1.165, 1.54) is 18.1 Å². The molecule has 4 nitrogen and oxygen atoms in total. The lowest BCUT2D eigenvalue weighted by Crippen LogP contribution is -2.31. The van der Waals surface area contributed by atoms with Crippen molar-refractivity contribution in [3.8, 4) is 0 Å². The molecule has 1 aliphatic rings. The van der Waals surface area contributed by atoms with Gasteiger partial charge in [0, 0.05) is 28.1 Å². The summed E-state index contributed by atoms with van der Waals surface area (Å²) in [7, 11) is 1.34. The summed E-state index contributed by atoms with van der Waals surface area (Å²) in [4.78, 5) is 27.5. The quantitative estimate of drug-likeness (QED) is 0.261. The molecule has 4 aromatic rings. The first-order chi connectivity index (χ1) is 17.3. The Kier molecular flexibility index (Phi) is 6.74. The van der Waals surface area contributed by atoms with Crippen LogP contribution in [0.3, 0.4) is 0 Å². The van der Waals surface area contributed by atoms with E-state index in [1.807, 2.05) is 17.0 Å². The first kappa shape index (κ1) is 24.4. The molecule has 1 aliphatic heterocycles. The van der Waals surface area contributed by atoms with Gasteiger partial charge in [-0.2, -0.15) is 0 Å². The Morgan fingerprint density at radius 1 is 0.806 bits per heavy atom. The summed E-state index contributed by atoms with van der Waals surface area (Å²) in [5, 5.41) is 3.48. The van der Waals surface area contributed by atoms with Crippen LogP contribution in [0, 0.1) is 6.92 Å². The molecular formula is C30H25Cl2NO3. The molecular weight excluding hydrogens is 493 g/mol. The number of hydrogen-bond acceptors (Lipinski definition) is 3. The number of benzene rings is 4. The number of amides is 1. The molecule has 1 amide bonds. The predicted octanol–water partition coefficient (Wildman–Crippen LogP) is 7.61. The number of methoxy groups -OCH3 is 1. The SMILES string of the molecule is COC(=O)c1ccc(C(=O)N2C[C@H](c3cc(Cl)cc(Cl)c3)C[C@@H]2c2ccc3cc(C)ccc3c2)cc1. The van der Waals surface area contributed by atoms with Crippen molar-refractivity contribution in [3.63, 3.8) is 0 Å². The van der Waals surface area contributed by atoms with E-state index in [0.717, 1.165) is 22.9 Å². The second kappa shape index (κ2) is 9.96. The summed E-state index contributed by atoms with van der Waals surface area (Å²) in [6.07, 6.45) is 0.750. The summed E-state index contributed by atoms with van der Waals surface area (Å²) < 4.78 is 4.78. The average Bonchev–Trinajstić information content (AvgIpc) is 3.32. The van der Waals surface area contributed by atoms with Crippen LogP contribution < -0.4 is 0 Å². The van der Waals surface area contributed by atoms with Gasteiger partial charge in [-0.3, -0.25) is 4.79 Å². The second-order valence-corrected chi connectivity index (χ2v) is 10.2. The summed E-state index contributed by atoms with van der Waals surface area (Å²) in [6, 6.07) is 24.8. The van der Waals surface area contributed by atoms with Crippen LogP contribution in [-0.4, -0.2) is 30.4 Å². The van der Waals surface area contributed by atoms with Gasteiger partial charge in [-0.1, -0.05) is 59.1 Å². The number of rotatable bonds is 4. The third-order valence-electron chi connectivity index (χ3n) is 6.88. The van der Waals surface area contributed by atoms with Gasteiger partial charge < -0.3 is 9.64 Å². The number of esters is 1. The molecule has 1 saturated heterocycles. The zero-order valence-electron chi connectivity index (χ0n) is 20.0. The van der Waals surface area contributed by atoms with Gasteiger partial charge in [0.2, 0.25) is 0 Å². The average molecular weight is 518 g/mol. The first-order valence-corrected chi connectivity index (χ1v) is 12.5. The maximum absolute atomic E-state index is 13.8. The summed E-state index contributed by atoms with van der Waals surface area (Å²) in [5.74, 6) is -0.438. The molecule has 5 rings (SSSR count). The topological polar surface area (TPSA) is 46.6 Å². The number of carbonyl (C=O) groups excluding carboxylic acids is 2. The maximum Gasteiger partial charge on any atom is 0.337 e. The second-order valence-electron chi connectivity index (χ2n) is 9.29. The highest BCUT2D eigenvalue weighted by molar-refractivity contribution is 6.34. The maximum atomic E-state index is 13.8. The number of carbonyl (C=O) groups is 2. The molecule has 0 bridgehead atoms. The molecule has 1 heterocycles. The van der Waals surface area contributed by atoms with E-state index in [0.29, 0.717) is 27.7 Å². The lowest BCUT2D eigenvalue weighted by atomic mass is 9.93. The lowest BCUT2D eigenvalue weighted by molar-refractivity contribution is 0.0599. The normalized spacial score (nSPS) is 17.4. The molecule has 2 atom stereocenters. The van der Waals surface area contributed by atoms with Gasteiger partial charge in [0.1, 0.15) is 0 Å². The molecule has 0 aliphatic carbocycles. The molecule has 4 aromatic carbocycles. The molecule has 0 N–H and O–H groups in total. The van der Waals surface area contributed by atoms with Gasteiger partial charge >= 0.3 is 5.97 Å². The summed E-state index contributed by atoms with van der Waals surface area (Å²) in [6.45, 7) is 2.61. The van der Waals surface area contributed by atoms with Crippen molar-refractivity contribution in [2.24, 2.45) is 0 Å². The van der Waals surface area contributed by atoms with Crippen LogP contribution in [0.1, 0.15) is 55.8 Å². The standard InChI is InChI=1S/C30H25Cl2NO3/c1-18-3-4-22-12-23(10-9-21(22)11-18)28-15-25(24-13-26(31)16-27(32)14-24)17-33(28)29(34)19-5-7-20(8-6-19)30(35)36-2/h3-14,16,25,28H,15,17H2,1-2H3/t25-,28-/m1/s1. The number of hydrogen-bond donors (Lipinski definition) is 0. The first-order valence-electron chi connectivity index (χ1n) is 11.8. The van der Waals surface area contributed by atoms with Crippen LogP contribution in [-0.2, 0) is 4.74 Å². The number of nitrogens with zero attached hydrogens (tertiary/aromatic N) is 1. The van der Waals surface area contributed by atoms with Crippen LogP contribution in [0.2, 0.25) is 10.0 Å². The van der Waals surface area contributed by atoms with Crippen LogP contribution in [0.5, 0.6) is 0 Å². The molecule has 0 spiro atoms. The Labute approximate surface area is 220 Å². The zero-order chi connectivity index (χ0) is 25.4. The van der Waals surface area contributed by atoms with Crippen LogP contribution in [0.15, 0.2) is 78.9 Å². The van der Waals surface area contributed by atoms with Crippen molar-refractivity contribution in [2.75, 3.05) is 13.7 Å². The monoisotopic (exact) mass is 517 g/mol. The van der Waals surface area contributed by atoms with Crippen molar-refractivity contribution in [3.05, 3.63) is 117 Å². The highest BCUT2D eigenvalue weighted by Crippen LogP contribution is 2.43. The van der Waals surface area contributed by atoms with Crippen LogP contribution in [0.25, 0.3) is 10.8 Å². The van der Waals surface area contributed by atoms with E-state index in [-0.39, 0.29) is 17.9 Å². The Hall–Kier alpha value is -3.34. The van der Waals surface area contributed by atoms with Crippen molar-refractivity contribution in [2.45, 2.75) is 25.3 Å². The lowest BCUT2D eigenvalue weighted by Gasteiger charge is -2.25. The highest BCUT2D eigenvalue weighted by Gasteiger charge is 2.37. The fourth-order valence-electron chi connectivity index (χ4n) is 5.05. The molecule has 1 fully saturated rings. The van der Waals surface area contributed by atoms with Gasteiger partial charge in [-0.15, -0.1) is 0 Å². The fraction of sp³-hybridized carbons (Fsp3) is 0.200. The largest absolute Gasteiger partial charge is 0.465 e. The summed E-state index contributed by atoms with van der Waals surface area (Å²) >= 11 is 12.6. The van der Waals surface area contributed by atoms with Crippen molar-refractivity contribution in [1.29, 1.82) is 0 Å². The van der Waals surface area contributed by atoms with E-state index in [1.54, 1.807) is 30.3 Å². The Morgan fingerprint density at radius 3 is 2.14 bits per heavy atom. The Morgan fingerprint density at radius 2 is 1.44 bits per heavy atom. The number of aryl methyl sites for hydroxylation is 1. The van der Waals surface area contributed by atoms with Crippen molar-refractivity contribution < 1.29 is 14.3 Å². The van der Waals surface area contributed by atoms with E-state index in [2.05, 4.69) is 43.3 Å². The van der Waals surface area contributed by atoms with E-state index < -0.39 is 5.97 Å². The molecule has 0 aromatic heterocycles. The number of fused-ring (bicyclic) bond motifs is 1. The number of ether oxygens (including phenoxy) is 1. The molecule has 36 heavy (non-hydrogen) atoms. The molecule has 0 radical (unpaired) electrons. The number of halogens is 2. The van der Waals surface area contributed by atoms with Crippen molar-refractivity contribution >= 4 is 45.9 Å². The third-order valence-corrected chi connectivity index (χ3v) is 7.31. The fourth-order valence-corrected chi connectivity index (χ4v) is 5.60. The minimum absolute atomic E-state index is 0.0817. The Bertz CT molecular complexity index is 1450. The van der Waals surface area contributed by atoms with Gasteiger partial charge in [-0.25, -0.2) is 4.79 Å². The van der Waals surface area contributed by atoms with Gasteiger partial charge in [0.05, 0.1) is 18.7 Å². The van der Waals surface area contributed by atoms with Gasteiger partial charge in [0.15, 0.2) is 0 Å². The smallest absolute Gasteiger partial charge is 0.337 e. The van der Waals surface area contributed by atoms with Crippen LogP contribution >= 0.6 is 23.2 Å². The molecule has 182 valence electrons. The minimum Gasteiger partial charge on any atom is -0.465 e. The van der Waals surface area contributed by atoms with Gasteiger partial charge in [0.25, 0.3) is 5.91 Å².